The Balaban J connectivity index is 3.76. The highest BCUT2D eigenvalue weighted by molar-refractivity contribution is 7.85. The highest BCUT2D eigenvalue weighted by Crippen LogP contribution is 1.91. The third-order valence-corrected chi connectivity index (χ3v) is 1.74. The minimum atomic E-state index is -3.46. The van der Waals surface area contributed by atoms with Crippen molar-refractivity contribution in [3.05, 3.63) is 0 Å². The van der Waals surface area contributed by atoms with E-state index < -0.39 is 22.3 Å². The largest absolute Gasteiger partial charge is 0.450 e. The molecule has 0 aromatic rings. The average Bonchev–Trinajstić information content (AvgIpc) is 2.00. The van der Waals surface area contributed by atoms with E-state index in [0.29, 0.717) is 0 Å². The Hall–Kier alpha value is -0.820. The van der Waals surface area contributed by atoms with Gasteiger partial charge in [-0.25, -0.2) is 4.79 Å². The van der Waals surface area contributed by atoms with Crippen LogP contribution in [0.5, 0.6) is 0 Å². The van der Waals surface area contributed by atoms with E-state index >= 15 is 0 Å². The van der Waals surface area contributed by atoms with Crippen LogP contribution in [-0.4, -0.2) is 40.0 Å². The van der Waals surface area contributed by atoms with Crippen molar-refractivity contribution in [2.75, 3.05) is 19.5 Å². The van der Waals surface area contributed by atoms with Crippen LogP contribution in [0.1, 0.15) is 13.8 Å². The van der Waals surface area contributed by atoms with E-state index in [-0.39, 0.29) is 13.2 Å². The first-order chi connectivity index (χ1) is 6.35. The molecule has 0 rings (SSSR count). The molecule has 6 nitrogen and oxygen atoms in total. The lowest BCUT2D eigenvalue weighted by Gasteiger charge is -2.12. The zero-order chi connectivity index (χ0) is 11.2. The van der Waals surface area contributed by atoms with Crippen LogP contribution in [0.4, 0.5) is 4.79 Å². The van der Waals surface area contributed by atoms with Gasteiger partial charge in [-0.3, -0.25) is 4.18 Å². The summed E-state index contributed by atoms with van der Waals surface area (Å²) < 4.78 is 30.2. The third-order valence-electron chi connectivity index (χ3n) is 1.17. The van der Waals surface area contributed by atoms with Gasteiger partial charge in [0.15, 0.2) is 0 Å². The van der Waals surface area contributed by atoms with Crippen molar-refractivity contribution in [2.24, 2.45) is 0 Å². The van der Waals surface area contributed by atoms with Crippen molar-refractivity contribution in [3.63, 3.8) is 0 Å². The molecule has 0 bridgehead atoms. The maximum absolute atomic E-state index is 10.8. The van der Waals surface area contributed by atoms with Gasteiger partial charge in [-0.15, -0.1) is 0 Å². The number of hydrogen-bond acceptors (Lipinski definition) is 5. The van der Waals surface area contributed by atoms with Crippen LogP contribution >= 0.6 is 0 Å². The van der Waals surface area contributed by atoms with Crippen LogP contribution in [0.3, 0.4) is 0 Å². The van der Waals surface area contributed by atoms with Crippen molar-refractivity contribution in [3.8, 4) is 0 Å². The summed E-state index contributed by atoms with van der Waals surface area (Å²) in [6, 6.07) is -0.413. The number of carbonyl (C=O) groups is 1. The molecule has 0 aliphatic carbocycles. The van der Waals surface area contributed by atoms with Gasteiger partial charge in [0.05, 0.1) is 25.5 Å². The Bertz CT molecular complexity index is 274. The lowest BCUT2D eigenvalue weighted by atomic mass is 10.4. The number of hydrogen-bond donors (Lipinski definition) is 1. The van der Waals surface area contributed by atoms with E-state index in [4.69, 9.17) is 0 Å². The monoisotopic (exact) mass is 225 g/mol. The Morgan fingerprint density at radius 1 is 1.50 bits per heavy atom. The molecule has 7 heteroatoms. The SMILES string of the molecule is CCOC(=O)N[C@@H](C)COS(C)(=O)=O. The fourth-order valence-electron chi connectivity index (χ4n) is 0.641. The summed E-state index contributed by atoms with van der Waals surface area (Å²) in [5.74, 6) is 0. The summed E-state index contributed by atoms with van der Waals surface area (Å²) in [4.78, 5) is 10.8. The molecule has 0 fully saturated rings. The van der Waals surface area contributed by atoms with E-state index in [1.165, 1.54) is 0 Å². The number of ether oxygens (including phenoxy) is 1. The molecule has 0 aliphatic rings. The van der Waals surface area contributed by atoms with Gasteiger partial charge in [0.1, 0.15) is 0 Å². The zero-order valence-electron chi connectivity index (χ0n) is 8.44. The van der Waals surface area contributed by atoms with Crippen LogP contribution in [0.2, 0.25) is 0 Å². The Kier molecular flexibility index (Phi) is 5.47. The van der Waals surface area contributed by atoms with E-state index in [0.717, 1.165) is 6.26 Å². The van der Waals surface area contributed by atoms with Crippen LogP contribution in [0.25, 0.3) is 0 Å². The summed E-state index contributed by atoms with van der Waals surface area (Å²) in [6.45, 7) is 3.46. The van der Waals surface area contributed by atoms with Gasteiger partial charge in [-0.2, -0.15) is 8.42 Å². The quantitative estimate of drug-likeness (QED) is 0.671. The highest BCUT2D eigenvalue weighted by Gasteiger charge is 2.10. The van der Waals surface area contributed by atoms with Crippen molar-refractivity contribution in [1.82, 2.24) is 5.32 Å². The molecule has 1 atom stereocenters. The molecule has 0 aromatic carbocycles. The molecule has 0 unspecified atom stereocenters. The predicted molar refractivity (Wildman–Crippen MR) is 50.4 cm³/mol. The molecule has 0 aliphatic heterocycles. The first-order valence-corrected chi connectivity index (χ1v) is 5.94. The second kappa shape index (κ2) is 5.82. The van der Waals surface area contributed by atoms with Gasteiger partial charge in [-0.1, -0.05) is 0 Å². The lowest BCUT2D eigenvalue weighted by molar-refractivity contribution is 0.144. The van der Waals surface area contributed by atoms with Gasteiger partial charge in [-0.05, 0) is 13.8 Å². The molecule has 1 amide bonds. The van der Waals surface area contributed by atoms with Crippen LogP contribution in [-0.2, 0) is 19.0 Å². The standard InChI is InChI=1S/C7H15NO5S/c1-4-12-7(9)8-6(2)5-13-14(3,10)11/h6H,4-5H2,1-3H3,(H,8,9)/t6-/m0/s1. The maximum Gasteiger partial charge on any atom is 0.407 e. The lowest BCUT2D eigenvalue weighted by Crippen LogP contribution is -2.36. The fourth-order valence-corrected chi connectivity index (χ4v) is 1.09. The molecule has 0 radical (unpaired) electrons. The molecule has 0 aromatic heterocycles. The van der Waals surface area contributed by atoms with E-state index in [1.807, 2.05) is 0 Å². The van der Waals surface area contributed by atoms with Gasteiger partial charge >= 0.3 is 6.09 Å². The Morgan fingerprint density at radius 3 is 2.50 bits per heavy atom. The molecule has 14 heavy (non-hydrogen) atoms. The molecule has 84 valence electrons. The van der Waals surface area contributed by atoms with E-state index in [2.05, 4.69) is 14.2 Å². The molecule has 1 N–H and O–H groups in total. The van der Waals surface area contributed by atoms with Gasteiger partial charge in [0, 0.05) is 0 Å². The van der Waals surface area contributed by atoms with E-state index in [9.17, 15) is 13.2 Å². The minimum Gasteiger partial charge on any atom is -0.450 e. The highest BCUT2D eigenvalue weighted by atomic mass is 32.2. The average molecular weight is 225 g/mol. The summed E-state index contributed by atoms with van der Waals surface area (Å²) in [5.41, 5.74) is 0. The van der Waals surface area contributed by atoms with Crippen molar-refractivity contribution in [2.45, 2.75) is 19.9 Å². The number of alkyl carbamates (subject to hydrolysis) is 1. The second-order valence-corrected chi connectivity index (χ2v) is 4.40. The Morgan fingerprint density at radius 2 is 2.07 bits per heavy atom. The summed E-state index contributed by atoms with van der Waals surface area (Å²) in [5, 5.41) is 2.40. The number of nitrogens with one attached hydrogen (secondary N) is 1. The number of amides is 1. The minimum absolute atomic E-state index is 0.0996. The van der Waals surface area contributed by atoms with Crippen LogP contribution < -0.4 is 5.32 Å². The summed E-state index contributed by atoms with van der Waals surface area (Å²) in [6.07, 6.45) is 0.362. The smallest absolute Gasteiger partial charge is 0.407 e. The van der Waals surface area contributed by atoms with E-state index in [1.54, 1.807) is 13.8 Å². The molecular weight excluding hydrogens is 210 g/mol. The first kappa shape index (κ1) is 13.2. The topological polar surface area (TPSA) is 81.7 Å². The predicted octanol–water partition coefficient (Wildman–Crippen LogP) is 0.0972. The first-order valence-electron chi connectivity index (χ1n) is 4.13. The zero-order valence-corrected chi connectivity index (χ0v) is 9.26. The van der Waals surface area contributed by atoms with Crippen LogP contribution in [0, 0.1) is 0 Å². The second-order valence-electron chi connectivity index (χ2n) is 2.75. The van der Waals surface area contributed by atoms with Gasteiger partial charge in [0.25, 0.3) is 10.1 Å². The normalized spacial score (nSPS) is 13.4. The molecule has 0 saturated carbocycles. The molecule has 0 saturated heterocycles. The molecule has 0 spiro atoms. The maximum atomic E-state index is 10.8. The van der Waals surface area contributed by atoms with Crippen LogP contribution in [0.15, 0.2) is 0 Å². The Labute approximate surface area is 83.7 Å². The molecule has 0 heterocycles. The summed E-state index contributed by atoms with van der Waals surface area (Å²) >= 11 is 0. The fraction of sp³-hybridized carbons (Fsp3) is 0.857. The number of rotatable bonds is 5. The molecular formula is C7H15NO5S. The van der Waals surface area contributed by atoms with Gasteiger partial charge < -0.3 is 10.1 Å². The summed E-state index contributed by atoms with van der Waals surface area (Å²) in [7, 11) is -3.46. The van der Waals surface area contributed by atoms with Crippen molar-refractivity contribution >= 4 is 16.2 Å². The number of carbonyl (C=O) groups excluding carboxylic acids is 1. The van der Waals surface area contributed by atoms with Gasteiger partial charge in [0.2, 0.25) is 0 Å². The van der Waals surface area contributed by atoms with Crippen molar-refractivity contribution < 1.29 is 22.1 Å². The third kappa shape index (κ3) is 7.81. The van der Waals surface area contributed by atoms with Crippen molar-refractivity contribution in [1.29, 1.82) is 0 Å².